The molecule has 1 aromatic carbocycles. The molecule has 2 rings (SSSR count). The minimum absolute atomic E-state index is 0.0312. The van der Waals surface area contributed by atoms with Gasteiger partial charge in [-0.25, -0.2) is 0 Å². The molecule has 0 aliphatic heterocycles. The van der Waals surface area contributed by atoms with E-state index in [9.17, 15) is 4.79 Å². The lowest BCUT2D eigenvalue weighted by atomic mass is 9.95. The Morgan fingerprint density at radius 1 is 0.958 bits per heavy atom. The Morgan fingerprint density at radius 3 is 2.42 bits per heavy atom. The van der Waals surface area contributed by atoms with Crippen LogP contribution in [0.4, 0.5) is 0 Å². The molecule has 3 N–H and O–H groups in total. The molecule has 0 radical (unpaired) electrons. The van der Waals surface area contributed by atoms with Crippen molar-refractivity contribution in [2.24, 2.45) is 0 Å². The Hall–Kier alpha value is -1.10. The lowest BCUT2D eigenvalue weighted by molar-refractivity contribution is 0.0953. The van der Waals surface area contributed by atoms with Crippen LogP contribution in [0.2, 0.25) is 5.02 Å². The maximum absolute atomic E-state index is 11.9. The highest BCUT2D eigenvalue weighted by Gasteiger charge is 2.11. The first kappa shape index (κ1) is 19.2. The number of benzene rings is 1. The summed E-state index contributed by atoms with van der Waals surface area (Å²) in [6, 6.07) is 7.71. The highest BCUT2D eigenvalue weighted by Crippen LogP contribution is 2.16. The van der Waals surface area contributed by atoms with Gasteiger partial charge in [0, 0.05) is 36.3 Å². The van der Waals surface area contributed by atoms with Gasteiger partial charge in [-0.3, -0.25) is 4.79 Å². The molecule has 1 aromatic rings. The van der Waals surface area contributed by atoms with E-state index in [-0.39, 0.29) is 5.91 Å². The van der Waals surface area contributed by atoms with Gasteiger partial charge in [-0.2, -0.15) is 0 Å². The summed E-state index contributed by atoms with van der Waals surface area (Å²) in [6.07, 6.45) is 8.91. The molecule has 0 saturated heterocycles. The van der Waals surface area contributed by atoms with Gasteiger partial charge in [-0.1, -0.05) is 30.9 Å². The van der Waals surface area contributed by atoms with E-state index >= 15 is 0 Å². The highest BCUT2D eigenvalue weighted by molar-refractivity contribution is 6.30. The number of hydrogen-bond acceptors (Lipinski definition) is 3. The first-order valence-corrected chi connectivity index (χ1v) is 9.61. The quantitative estimate of drug-likeness (QED) is 0.566. The number of nitrogens with one attached hydrogen (secondary N) is 3. The van der Waals surface area contributed by atoms with Crippen LogP contribution >= 0.6 is 11.6 Å². The molecule has 1 fully saturated rings. The number of carbonyl (C=O) groups excluding carboxylic acids is 1. The van der Waals surface area contributed by atoms with E-state index in [1.165, 1.54) is 32.1 Å². The molecular weight excluding hydrogens is 322 g/mol. The Kier molecular flexibility index (Phi) is 9.18. The SMILES string of the molecule is O=C(NCCCCNCCNC1CCCCC1)c1ccc(Cl)cc1. The zero-order valence-electron chi connectivity index (χ0n) is 14.5. The predicted octanol–water partition coefficient (Wildman–Crippen LogP) is 3.36. The highest BCUT2D eigenvalue weighted by atomic mass is 35.5. The molecule has 0 unspecified atom stereocenters. The van der Waals surface area contributed by atoms with Crippen LogP contribution < -0.4 is 16.0 Å². The van der Waals surface area contributed by atoms with Gasteiger partial charge < -0.3 is 16.0 Å². The summed E-state index contributed by atoms with van der Waals surface area (Å²) in [5.74, 6) is -0.0312. The minimum Gasteiger partial charge on any atom is -0.352 e. The smallest absolute Gasteiger partial charge is 0.251 e. The first-order valence-electron chi connectivity index (χ1n) is 9.23. The fraction of sp³-hybridized carbons (Fsp3) is 0.632. The van der Waals surface area contributed by atoms with Gasteiger partial charge in [0.1, 0.15) is 0 Å². The summed E-state index contributed by atoms with van der Waals surface area (Å²) in [7, 11) is 0. The van der Waals surface area contributed by atoms with Gasteiger partial charge >= 0.3 is 0 Å². The molecule has 1 amide bonds. The first-order chi connectivity index (χ1) is 11.8. The van der Waals surface area contributed by atoms with Crippen molar-refractivity contribution < 1.29 is 4.79 Å². The summed E-state index contributed by atoms with van der Waals surface area (Å²) in [6.45, 7) is 3.79. The molecular formula is C19H30ClN3O. The van der Waals surface area contributed by atoms with E-state index in [2.05, 4.69) is 16.0 Å². The van der Waals surface area contributed by atoms with Crippen LogP contribution in [0, 0.1) is 0 Å². The topological polar surface area (TPSA) is 53.2 Å². The summed E-state index contributed by atoms with van der Waals surface area (Å²) in [5, 5.41) is 10.7. The monoisotopic (exact) mass is 351 g/mol. The molecule has 24 heavy (non-hydrogen) atoms. The molecule has 0 spiro atoms. The molecule has 5 heteroatoms. The number of rotatable bonds is 10. The van der Waals surface area contributed by atoms with Crippen LogP contribution in [0.25, 0.3) is 0 Å². The predicted molar refractivity (Wildman–Crippen MR) is 101 cm³/mol. The average Bonchev–Trinajstić information content (AvgIpc) is 2.61. The van der Waals surface area contributed by atoms with E-state index in [1.807, 2.05) is 0 Å². The summed E-state index contributed by atoms with van der Waals surface area (Å²) in [4.78, 5) is 11.9. The number of carbonyl (C=O) groups is 1. The van der Waals surface area contributed by atoms with E-state index in [1.54, 1.807) is 24.3 Å². The zero-order valence-corrected chi connectivity index (χ0v) is 15.2. The molecule has 0 aromatic heterocycles. The molecule has 4 nitrogen and oxygen atoms in total. The third-order valence-corrected chi connectivity index (χ3v) is 4.76. The van der Waals surface area contributed by atoms with Crippen molar-refractivity contribution in [2.75, 3.05) is 26.2 Å². The lowest BCUT2D eigenvalue weighted by Crippen LogP contribution is -2.36. The van der Waals surface area contributed by atoms with Gasteiger partial charge in [-0.15, -0.1) is 0 Å². The van der Waals surface area contributed by atoms with Crippen molar-refractivity contribution in [3.8, 4) is 0 Å². The van der Waals surface area contributed by atoms with E-state index in [0.717, 1.165) is 38.5 Å². The van der Waals surface area contributed by atoms with Crippen molar-refractivity contribution in [1.82, 2.24) is 16.0 Å². The minimum atomic E-state index is -0.0312. The van der Waals surface area contributed by atoms with Crippen molar-refractivity contribution in [3.05, 3.63) is 34.9 Å². The molecule has 0 heterocycles. The Balaban J connectivity index is 1.41. The zero-order chi connectivity index (χ0) is 17.0. The molecule has 0 bridgehead atoms. The van der Waals surface area contributed by atoms with Crippen LogP contribution in [0.5, 0.6) is 0 Å². The molecule has 1 saturated carbocycles. The normalized spacial score (nSPS) is 15.4. The Bertz CT molecular complexity index is 472. The van der Waals surface area contributed by atoms with E-state index < -0.39 is 0 Å². The Morgan fingerprint density at radius 2 is 1.67 bits per heavy atom. The summed E-state index contributed by atoms with van der Waals surface area (Å²) < 4.78 is 0. The van der Waals surface area contributed by atoms with Crippen LogP contribution in [0.1, 0.15) is 55.3 Å². The third-order valence-electron chi connectivity index (χ3n) is 4.51. The number of halogens is 1. The molecule has 1 aliphatic carbocycles. The second kappa shape index (κ2) is 11.5. The summed E-state index contributed by atoms with van der Waals surface area (Å²) in [5.41, 5.74) is 0.659. The second-order valence-corrected chi connectivity index (χ2v) is 6.95. The van der Waals surface area contributed by atoms with Gasteiger partial charge in [0.2, 0.25) is 0 Å². The number of amides is 1. The van der Waals surface area contributed by atoms with Gasteiger partial charge in [0.25, 0.3) is 5.91 Å². The van der Waals surface area contributed by atoms with Crippen molar-refractivity contribution in [1.29, 1.82) is 0 Å². The van der Waals surface area contributed by atoms with Crippen LogP contribution in [0.3, 0.4) is 0 Å². The van der Waals surface area contributed by atoms with Crippen molar-refractivity contribution >= 4 is 17.5 Å². The maximum atomic E-state index is 11.9. The number of hydrogen-bond donors (Lipinski definition) is 3. The van der Waals surface area contributed by atoms with Crippen LogP contribution in [-0.2, 0) is 0 Å². The largest absolute Gasteiger partial charge is 0.352 e. The van der Waals surface area contributed by atoms with Crippen molar-refractivity contribution in [3.63, 3.8) is 0 Å². The molecule has 1 aliphatic rings. The lowest BCUT2D eigenvalue weighted by Gasteiger charge is -2.22. The van der Waals surface area contributed by atoms with Gasteiger partial charge in [0.15, 0.2) is 0 Å². The number of unbranched alkanes of at least 4 members (excludes halogenated alkanes) is 1. The van der Waals surface area contributed by atoms with Crippen molar-refractivity contribution in [2.45, 2.75) is 51.0 Å². The molecule has 134 valence electrons. The Labute approximate surface area is 150 Å². The van der Waals surface area contributed by atoms with Crippen LogP contribution in [0.15, 0.2) is 24.3 Å². The fourth-order valence-electron chi connectivity index (χ4n) is 3.08. The molecule has 0 atom stereocenters. The fourth-order valence-corrected chi connectivity index (χ4v) is 3.20. The third kappa shape index (κ3) is 7.65. The second-order valence-electron chi connectivity index (χ2n) is 6.51. The van der Waals surface area contributed by atoms with Gasteiger partial charge in [0.05, 0.1) is 0 Å². The van der Waals surface area contributed by atoms with E-state index in [4.69, 9.17) is 11.6 Å². The standard InChI is InChI=1S/C19H30ClN3O/c20-17-10-8-16(9-11-17)19(24)23-13-5-4-12-21-14-15-22-18-6-2-1-3-7-18/h8-11,18,21-22H,1-7,12-15H2,(H,23,24). The van der Waals surface area contributed by atoms with Crippen LogP contribution in [-0.4, -0.2) is 38.1 Å². The van der Waals surface area contributed by atoms with Gasteiger partial charge in [-0.05, 0) is 56.5 Å². The summed E-state index contributed by atoms with van der Waals surface area (Å²) >= 11 is 5.81. The maximum Gasteiger partial charge on any atom is 0.251 e. The average molecular weight is 352 g/mol. The van der Waals surface area contributed by atoms with E-state index in [0.29, 0.717) is 17.1 Å².